The topological polar surface area (TPSA) is 38.5 Å². The third kappa shape index (κ3) is 3.75. The molecule has 1 heterocycles. The molecule has 0 aromatic heterocycles. The Labute approximate surface area is 125 Å². The summed E-state index contributed by atoms with van der Waals surface area (Å²) < 4.78 is 5.81. The third-order valence-electron chi connectivity index (χ3n) is 5.83. The van der Waals surface area contributed by atoms with Crippen LogP contribution in [0, 0.1) is 11.8 Å². The lowest BCUT2D eigenvalue weighted by Crippen LogP contribution is -2.53. The molecule has 0 aromatic rings. The summed E-state index contributed by atoms with van der Waals surface area (Å²) in [6, 6.07) is 0. The minimum absolute atomic E-state index is 0.218. The van der Waals surface area contributed by atoms with Gasteiger partial charge in [0.2, 0.25) is 0 Å². The van der Waals surface area contributed by atoms with Gasteiger partial charge in [-0.3, -0.25) is 4.90 Å². The second-order valence-electron chi connectivity index (χ2n) is 7.38. The highest BCUT2D eigenvalue weighted by Gasteiger charge is 2.37. The molecule has 3 atom stereocenters. The molecule has 0 bridgehead atoms. The summed E-state index contributed by atoms with van der Waals surface area (Å²) in [6.07, 6.45) is 9.45. The lowest BCUT2D eigenvalue weighted by atomic mass is 9.85. The van der Waals surface area contributed by atoms with Crippen molar-refractivity contribution in [1.82, 2.24) is 4.90 Å². The van der Waals surface area contributed by atoms with Crippen LogP contribution >= 0.6 is 0 Å². The Kier molecular flexibility index (Phi) is 5.88. The van der Waals surface area contributed by atoms with Gasteiger partial charge in [-0.05, 0) is 51.0 Å². The fourth-order valence-electron chi connectivity index (χ4n) is 4.11. The minimum atomic E-state index is 0.218. The van der Waals surface area contributed by atoms with Gasteiger partial charge in [0.15, 0.2) is 0 Å². The van der Waals surface area contributed by atoms with E-state index in [1.165, 1.54) is 44.9 Å². The van der Waals surface area contributed by atoms with Gasteiger partial charge < -0.3 is 10.5 Å². The van der Waals surface area contributed by atoms with Crippen molar-refractivity contribution in [3.05, 3.63) is 0 Å². The van der Waals surface area contributed by atoms with Gasteiger partial charge in [-0.1, -0.05) is 26.7 Å². The van der Waals surface area contributed by atoms with Gasteiger partial charge in [-0.25, -0.2) is 0 Å². The van der Waals surface area contributed by atoms with E-state index < -0.39 is 0 Å². The predicted molar refractivity (Wildman–Crippen MR) is 84.8 cm³/mol. The van der Waals surface area contributed by atoms with Gasteiger partial charge in [0.25, 0.3) is 0 Å². The average molecular weight is 282 g/mol. The molecule has 2 aliphatic rings. The molecule has 118 valence electrons. The maximum Gasteiger partial charge on any atom is 0.0702 e. The monoisotopic (exact) mass is 282 g/mol. The van der Waals surface area contributed by atoms with E-state index >= 15 is 0 Å². The number of ether oxygens (including phenoxy) is 1. The first-order valence-electron chi connectivity index (χ1n) is 8.60. The number of rotatable bonds is 5. The van der Waals surface area contributed by atoms with Crippen molar-refractivity contribution >= 4 is 0 Å². The van der Waals surface area contributed by atoms with Crippen molar-refractivity contribution in [2.24, 2.45) is 17.6 Å². The molecule has 1 aliphatic heterocycles. The Balaban J connectivity index is 1.96. The van der Waals surface area contributed by atoms with Gasteiger partial charge in [-0.15, -0.1) is 0 Å². The van der Waals surface area contributed by atoms with Crippen LogP contribution in [-0.4, -0.2) is 43.3 Å². The number of nitrogens with zero attached hydrogens (tertiary/aromatic N) is 1. The molecule has 2 rings (SSSR count). The van der Waals surface area contributed by atoms with E-state index in [4.69, 9.17) is 10.5 Å². The minimum Gasteiger partial charge on any atom is -0.377 e. The van der Waals surface area contributed by atoms with E-state index in [2.05, 4.69) is 25.8 Å². The van der Waals surface area contributed by atoms with Crippen LogP contribution in [0.25, 0.3) is 0 Å². The Hall–Kier alpha value is -0.120. The van der Waals surface area contributed by atoms with E-state index in [-0.39, 0.29) is 5.54 Å². The van der Waals surface area contributed by atoms with E-state index in [1.54, 1.807) is 0 Å². The molecule has 0 amide bonds. The maximum absolute atomic E-state index is 6.22. The molecule has 2 N–H and O–H groups in total. The van der Waals surface area contributed by atoms with Crippen LogP contribution in [0.5, 0.6) is 0 Å². The highest BCUT2D eigenvalue weighted by atomic mass is 16.5. The first-order valence-corrected chi connectivity index (χ1v) is 8.60. The summed E-state index contributed by atoms with van der Waals surface area (Å²) in [5, 5.41) is 0. The van der Waals surface area contributed by atoms with Crippen LogP contribution in [0.1, 0.15) is 58.8 Å². The summed E-state index contributed by atoms with van der Waals surface area (Å²) in [5.74, 6) is 1.70. The average Bonchev–Trinajstić information content (AvgIpc) is 2.82. The van der Waals surface area contributed by atoms with Crippen LogP contribution in [0.15, 0.2) is 0 Å². The first-order chi connectivity index (χ1) is 9.57. The Morgan fingerprint density at radius 1 is 1.20 bits per heavy atom. The molecule has 1 aliphatic carbocycles. The zero-order valence-electron chi connectivity index (χ0n) is 13.7. The van der Waals surface area contributed by atoms with Crippen LogP contribution in [-0.2, 0) is 4.74 Å². The number of hydrogen-bond acceptors (Lipinski definition) is 3. The van der Waals surface area contributed by atoms with Crippen LogP contribution in [0.2, 0.25) is 0 Å². The molecule has 1 saturated carbocycles. The molecule has 1 saturated heterocycles. The van der Waals surface area contributed by atoms with Crippen molar-refractivity contribution in [1.29, 1.82) is 0 Å². The van der Waals surface area contributed by atoms with Gasteiger partial charge in [0, 0.05) is 25.2 Å². The summed E-state index contributed by atoms with van der Waals surface area (Å²) in [5.41, 5.74) is 6.44. The van der Waals surface area contributed by atoms with E-state index in [9.17, 15) is 0 Å². The second-order valence-corrected chi connectivity index (χ2v) is 7.38. The van der Waals surface area contributed by atoms with Gasteiger partial charge in [-0.2, -0.15) is 0 Å². The van der Waals surface area contributed by atoms with E-state index in [0.29, 0.717) is 6.10 Å². The smallest absolute Gasteiger partial charge is 0.0702 e. The molecule has 3 unspecified atom stereocenters. The number of likely N-dealkylation sites (N-methyl/N-ethyl adjacent to an activating group) is 1. The normalized spacial score (nSPS) is 35.7. The molecule has 0 radical (unpaired) electrons. The summed E-state index contributed by atoms with van der Waals surface area (Å²) in [4.78, 5) is 2.53. The zero-order valence-corrected chi connectivity index (χ0v) is 13.7. The maximum atomic E-state index is 6.22. The lowest BCUT2D eigenvalue weighted by molar-refractivity contribution is 0.0296. The number of nitrogens with two attached hydrogens (primary N) is 1. The van der Waals surface area contributed by atoms with E-state index in [0.717, 1.165) is 31.5 Å². The molecule has 0 spiro atoms. The fraction of sp³-hybridized carbons (Fsp3) is 1.00. The molecular formula is C17H34N2O. The first kappa shape index (κ1) is 16.3. The lowest BCUT2D eigenvalue weighted by Gasteiger charge is -2.42. The molecular weight excluding hydrogens is 248 g/mol. The van der Waals surface area contributed by atoms with Crippen LogP contribution in [0.4, 0.5) is 0 Å². The third-order valence-corrected chi connectivity index (χ3v) is 5.83. The SMILES string of the molecule is CC(C)C1CCCC(CN)(N(C)CC2CCCO2)CC1. The molecule has 20 heavy (non-hydrogen) atoms. The van der Waals surface area contributed by atoms with Crippen molar-refractivity contribution in [2.75, 3.05) is 26.7 Å². The van der Waals surface area contributed by atoms with Crippen LogP contribution < -0.4 is 5.73 Å². The van der Waals surface area contributed by atoms with Crippen LogP contribution in [0.3, 0.4) is 0 Å². The highest BCUT2D eigenvalue weighted by Crippen LogP contribution is 2.36. The fourth-order valence-corrected chi connectivity index (χ4v) is 4.11. The van der Waals surface area contributed by atoms with Crippen molar-refractivity contribution < 1.29 is 4.74 Å². The van der Waals surface area contributed by atoms with Gasteiger partial charge in [0.05, 0.1) is 6.10 Å². The van der Waals surface area contributed by atoms with Crippen molar-refractivity contribution in [3.63, 3.8) is 0 Å². The molecule has 2 fully saturated rings. The molecule has 0 aromatic carbocycles. The summed E-state index contributed by atoms with van der Waals surface area (Å²) >= 11 is 0. The summed E-state index contributed by atoms with van der Waals surface area (Å²) in [7, 11) is 2.27. The highest BCUT2D eigenvalue weighted by molar-refractivity contribution is 4.94. The van der Waals surface area contributed by atoms with Crippen molar-refractivity contribution in [2.45, 2.75) is 70.4 Å². The Bertz CT molecular complexity index is 289. The molecule has 3 heteroatoms. The Morgan fingerprint density at radius 3 is 2.60 bits per heavy atom. The largest absolute Gasteiger partial charge is 0.377 e. The van der Waals surface area contributed by atoms with Crippen molar-refractivity contribution in [3.8, 4) is 0 Å². The standard InChI is InChI=1S/C17H34N2O/c1-14(2)15-6-4-9-17(13-18,10-8-15)19(3)12-16-7-5-11-20-16/h14-16H,4-13,18H2,1-3H3. The second kappa shape index (κ2) is 7.24. The zero-order chi connectivity index (χ0) is 14.6. The van der Waals surface area contributed by atoms with Gasteiger partial charge >= 0.3 is 0 Å². The predicted octanol–water partition coefficient (Wildman–Crippen LogP) is 3.03. The quantitative estimate of drug-likeness (QED) is 0.788. The summed E-state index contributed by atoms with van der Waals surface area (Å²) in [6.45, 7) is 7.54. The Morgan fingerprint density at radius 2 is 2.00 bits per heavy atom. The van der Waals surface area contributed by atoms with Gasteiger partial charge in [0.1, 0.15) is 0 Å². The number of hydrogen-bond donors (Lipinski definition) is 1. The van der Waals surface area contributed by atoms with E-state index in [1.807, 2.05) is 0 Å². The molecule has 3 nitrogen and oxygen atoms in total.